The Hall–Kier alpha value is -4.26. The Morgan fingerprint density at radius 1 is 0.879 bits per heavy atom. The van der Waals surface area contributed by atoms with Gasteiger partial charge in [0.15, 0.2) is 6.61 Å². The maximum atomic E-state index is 12.7. The van der Waals surface area contributed by atoms with Crippen molar-refractivity contribution in [3.05, 3.63) is 100 Å². The highest BCUT2D eigenvalue weighted by Gasteiger charge is 2.14. The number of ether oxygens (including phenoxy) is 2. The number of rotatable bonds is 7. The second-order valence-electron chi connectivity index (χ2n) is 7.80. The van der Waals surface area contributed by atoms with Crippen molar-refractivity contribution in [2.45, 2.75) is 13.8 Å². The molecule has 1 aromatic heterocycles. The fourth-order valence-corrected chi connectivity index (χ4v) is 3.58. The summed E-state index contributed by atoms with van der Waals surface area (Å²) < 4.78 is 14.6. The van der Waals surface area contributed by atoms with E-state index in [4.69, 9.17) is 9.47 Å². The second kappa shape index (κ2) is 9.48. The van der Waals surface area contributed by atoms with E-state index in [0.717, 1.165) is 16.9 Å². The first kappa shape index (κ1) is 22.0. The van der Waals surface area contributed by atoms with Crippen molar-refractivity contribution in [1.82, 2.24) is 9.36 Å². The van der Waals surface area contributed by atoms with Gasteiger partial charge in [0.25, 0.3) is 11.5 Å². The fraction of sp³-hybridized carbons (Fsp3) is 0.154. The number of nitrogens with zero attached hydrogens (tertiary/aromatic N) is 2. The minimum absolute atomic E-state index is 0.187. The lowest BCUT2D eigenvalue weighted by molar-refractivity contribution is -0.118. The van der Waals surface area contributed by atoms with E-state index in [1.165, 1.54) is 4.68 Å². The Labute approximate surface area is 191 Å². The maximum absolute atomic E-state index is 12.7. The molecular formula is C26H25N3O4. The van der Waals surface area contributed by atoms with Crippen LogP contribution in [0.3, 0.4) is 0 Å². The molecule has 4 aromatic rings. The van der Waals surface area contributed by atoms with Gasteiger partial charge in [0, 0.05) is 7.05 Å². The number of hydrogen-bond acceptors (Lipinski definition) is 4. The molecule has 168 valence electrons. The molecule has 0 aliphatic heterocycles. The molecular weight excluding hydrogens is 418 g/mol. The van der Waals surface area contributed by atoms with E-state index in [0.29, 0.717) is 17.2 Å². The van der Waals surface area contributed by atoms with E-state index >= 15 is 0 Å². The summed E-state index contributed by atoms with van der Waals surface area (Å²) in [6, 6.07) is 22.3. The third kappa shape index (κ3) is 5.33. The van der Waals surface area contributed by atoms with E-state index < -0.39 is 5.91 Å². The third-order valence-corrected chi connectivity index (χ3v) is 4.95. The van der Waals surface area contributed by atoms with Crippen LogP contribution in [0.4, 0.5) is 5.69 Å². The van der Waals surface area contributed by atoms with Gasteiger partial charge < -0.3 is 14.8 Å². The standard InChI is InChI=1S/C26H25N3O4/c1-18-13-19(2)15-23(14-18)33-22-11-9-21(10-12-22)32-17-25(30)27-24-16-28(3)29(26(24)31)20-7-5-4-6-8-20/h4-16H,17H2,1-3H3,(H,27,30). The number of carbonyl (C=O) groups excluding carboxylic acids is 1. The molecule has 33 heavy (non-hydrogen) atoms. The fourth-order valence-electron chi connectivity index (χ4n) is 3.58. The highest BCUT2D eigenvalue weighted by molar-refractivity contribution is 5.91. The number of hydrogen-bond donors (Lipinski definition) is 1. The van der Waals surface area contributed by atoms with Crippen LogP contribution in [-0.4, -0.2) is 21.9 Å². The van der Waals surface area contributed by atoms with Gasteiger partial charge in [-0.2, -0.15) is 0 Å². The summed E-state index contributed by atoms with van der Waals surface area (Å²) in [5, 5.41) is 2.62. The number of para-hydroxylation sites is 1. The Morgan fingerprint density at radius 3 is 2.18 bits per heavy atom. The summed E-state index contributed by atoms with van der Waals surface area (Å²) in [6.07, 6.45) is 1.58. The number of amides is 1. The molecule has 0 saturated heterocycles. The summed E-state index contributed by atoms with van der Waals surface area (Å²) in [7, 11) is 1.74. The van der Waals surface area contributed by atoms with Crippen LogP contribution < -0.4 is 20.3 Å². The first-order valence-corrected chi connectivity index (χ1v) is 10.5. The minimum Gasteiger partial charge on any atom is -0.484 e. The van der Waals surface area contributed by atoms with Crippen LogP contribution in [0.15, 0.2) is 83.8 Å². The van der Waals surface area contributed by atoms with Gasteiger partial charge in [0.2, 0.25) is 0 Å². The van der Waals surface area contributed by atoms with E-state index in [9.17, 15) is 9.59 Å². The topological polar surface area (TPSA) is 74.5 Å². The molecule has 3 aromatic carbocycles. The maximum Gasteiger partial charge on any atom is 0.295 e. The van der Waals surface area contributed by atoms with E-state index in [1.807, 2.05) is 56.3 Å². The molecule has 1 amide bonds. The zero-order chi connectivity index (χ0) is 23.4. The minimum atomic E-state index is -0.423. The van der Waals surface area contributed by atoms with Crippen LogP contribution in [0, 0.1) is 13.8 Å². The van der Waals surface area contributed by atoms with Gasteiger partial charge >= 0.3 is 0 Å². The van der Waals surface area contributed by atoms with E-state index in [-0.39, 0.29) is 17.9 Å². The molecule has 0 aliphatic carbocycles. The van der Waals surface area contributed by atoms with E-state index in [2.05, 4.69) is 11.4 Å². The van der Waals surface area contributed by atoms with Crippen molar-refractivity contribution in [2.75, 3.05) is 11.9 Å². The Kier molecular flexibility index (Phi) is 6.31. The van der Waals surface area contributed by atoms with Crippen molar-refractivity contribution >= 4 is 11.6 Å². The Morgan fingerprint density at radius 2 is 1.52 bits per heavy atom. The number of benzene rings is 3. The van der Waals surface area contributed by atoms with Gasteiger partial charge in [-0.15, -0.1) is 0 Å². The predicted molar refractivity (Wildman–Crippen MR) is 128 cm³/mol. The second-order valence-corrected chi connectivity index (χ2v) is 7.80. The Bertz CT molecular complexity index is 1300. The van der Waals surface area contributed by atoms with Crippen LogP contribution in [0.5, 0.6) is 17.2 Å². The molecule has 7 nitrogen and oxygen atoms in total. The molecule has 0 aliphatic rings. The number of nitrogens with one attached hydrogen (secondary N) is 1. The van der Waals surface area contributed by atoms with Crippen molar-refractivity contribution in [1.29, 1.82) is 0 Å². The summed E-state index contributed by atoms with van der Waals surface area (Å²) in [5.41, 5.74) is 2.84. The van der Waals surface area contributed by atoms with Crippen LogP contribution in [0.1, 0.15) is 11.1 Å². The van der Waals surface area contributed by atoms with Crippen LogP contribution in [0.25, 0.3) is 5.69 Å². The molecule has 1 N–H and O–H groups in total. The zero-order valence-corrected chi connectivity index (χ0v) is 18.7. The van der Waals surface area contributed by atoms with Gasteiger partial charge in [-0.3, -0.25) is 14.3 Å². The monoisotopic (exact) mass is 443 g/mol. The first-order chi connectivity index (χ1) is 15.9. The molecule has 0 unspecified atom stereocenters. The highest BCUT2D eigenvalue weighted by Crippen LogP contribution is 2.25. The first-order valence-electron chi connectivity index (χ1n) is 10.5. The number of carbonyl (C=O) groups is 1. The summed E-state index contributed by atoms with van der Waals surface area (Å²) >= 11 is 0. The van der Waals surface area contributed by atoms with Gasteiger partial charge in [0.05, 0.1) is 11.9 Å². The lowest BCUT2D eigenvalue weighted by atomic mass is 10.1. The average molecular weight is 444 g/mol. The summed E-state index contributed by atoms with van der Waals surface area (Å²) in [6.45, 7) is 3.82. The summed E-state index contributed by atoms with van der Waals surface area (Å²) in [5.74, 6) is 1.54. The molecule has 0 bridgehead atoms. The smallest absolute Gasteiger partial charge is 0.295 e. The molecule has 0 saturated carbocycles. The zero-order valence-electron chi connectivity index (χ0n) is 18.7. The molecule has 0 spiro atoms. The van der Waals surface area contributed by atoms with Crippen LogP contribution in [0.2, 0.25) is 0 Å². The molecule has 1 heterocycles. The van der Waals surface area contributed by atoms with Crippen molar-refractivity contribution < 1.29 is 14.3 Å². The lowest BCUT2D eigenvalue weighted by Gasteiger charge is -2.09. The van der Waals surface area contributed by atoms with E-state index in [1.54, 1.807) is 42.2 Å². The molecule has 0 radical (unpaired) electrons. The molecule has 0 fully saturated rings. The van der Waals surface area contributed by atoms with Crippen molar-refractivity contribution in [3.8, 4) is 22.9 Å². The SMILES string of the molecule is Cc1cc(C)cc(Oc2ccc(OCC(=O)Nc3cn(C)n(-c4ccccc4)c3=O)cc2)c1. The summed E-state index contributed by atoms with van der Waals surface area (Å²) in [4.78, 5) is 25.1. The lowest BCUT2D eigenvalue weighted by Crippen LogP contribution is -2.25. The molecule has 4 rings (SSSR count). The number of aromatic nitrogens is 2. The molecule has 0 atom stereocenters. The highest BCUT2D eigenvalue weighted by atomic mass is 16.5. The predicted octanol–water partition coefficient (Wildman–Crippen LogP) is 4.60. The third-order valence-electron chi connectivity index (χ3n) is 4.95. The molecule has 7 heteroatoms. The number of anilines is 1. The van der Waals surface area contributed by atoms with Crippen LogP contribution in [-0.2, 0) is 11.8 Å². The Balaban J connectivity index is 1.35. The normalized spacial score (nSPS) is 10.6. The number of aryl methyl sites for hydroxylation is 3. The van der Waals surface area contributed by atoms with Crippen LogP contribution >= 0.6 is 0 Å². The van der Waals surface area contributed by atoms with Crippen molar-refractivity contribution in [3.63, 3.8) is 0 Å². The van der Waals surface area contributed by atoms with Gasteiger partial charge in [0.1, 0.15) is 22.9 Å². The quantitative estimate of drug-likeness (QED) is 0.453. The van der Waals surface area contributed by atoms with Gasteiger partial charge in [-0.25, -0.2) is 4.68 Å². The average Bonchev–Trinajstić information content (AvgIpc) is 3.06. The van der Waals surface area contributed by atoms with Gasteiger partial charge in [-0.1, -0.05) is 24.3 Å². The largest absolute Gasteiger partial charge is 0.484 e. The van der Waals surface area contributed by atoms with Crippen molar-refractivity contribution in [2.24, 2.45) is 7.05 Å². The van der Waals surface area contributed by atoms with Gasteiger partial charge in [-0.05, 0) is 73.5 Å².